The Morgan fingerprint density at radius 2 is 2.00 bits per heavy atom. The first kappa shape index (κ1) is 13.4. The van der Waals surface area contributed by atoms with E-state index in [1.54, 1.807) is 0 Å². The van der Waals surface area contributed by atoms with Gasteiger partial charge in [-0.2, -0.15) is 0 Å². The topological polar surface area (TPSA) is 36.6 Å². The van der Waals surface area contributed by atoms with Gasteiger partial charge in [-0.25, -0.2) is 0 Å². The summed E-state index contributed by atoms with van der Waals surface area (Å²) in [4.78, 5) is 2.25. The van der Waals surface area contributed by atoms with Gasteiger partial charge in [0.15, 0.2) is 0 Å². The molecule has 0 amide bonds. The zero-order valence-electron chi connectivity index (χ0n) is 12.1. The first-order valence-electron chi connectivity index (χ1n) is 7.13. The molecule has 1 aliphatic heterocycles. The van der Waals surface area contributed by atoms with Crippen LogP contribution in [0.5, 0.6) is 0 Å². The lowest BCUT2D eigenvalue weighted by atomic mass is 10.0. The highest BCUT2D eigenvalue weighted by atomic mass is 16.3. The molecule has 0 bridgehead atoms. The van der Waals surface area contributed by atoms with Crippen molar-refractivity contribution in [1.82, 2.24) is 4.90 Å². The van der Waals surface area contributed by atoms with Gasteiger partial charge >= 0.3 is 0 Å². The summed E-state index contributed by atoms with van der Waals surface area (Å²) in [6.45, 7) is 6.13. The molecule has 0 radical (unpaired) electrons. The van der Waals surface area contributed by atoms with Crippen LogP contribution in [-0.4, -0.2) is 28.7 Å². The number of rotatable bonds is 3. The van der Waals surface area contributed by atoms with Gasteiger partial charge in [0.05, 0.1) is 12.1 Å². The number of aliphatic hydroxyl groups is 1. The van der Waals surface area contributed by atoms with Crippen LogP contribution in [0.4, 0.5) is 0 Å². The van der Waals surface area contributed by atoms with Crippen molar-refractivity contribution in [1.29, 1.82) is 0 Å². The summed E-state index contributed by atoms with van der Waals surface area (Å²) >= 11 is 0. The zero-order valence-corrected chi connectivity index (χ0v) is 12.1. The molecule has 1 aliphatic rings. The van der Waals surface area contributed by atoms with Crippen LogP contribution in [0.2, 0.25) is 0 Å². The van der Waals surface area contributed by atoms with Gasteiger partial charge in [-0.3, -0.25) is 4.90 Å². The Morgan fingerprint density at radius 1 is 1.25 bits per heavy atom. The summed E-state index contributed by atoms with van der Waals surface area (Å²) < 4.78 is 6.01. The minimum atomic E-state index is -0.660. The summed E-state index contributed by atoms with van der Waals surface area (Å²) in [5.74, 6) is 1.99. The quantitative estimate of drug-likeness (QED) is 0.932. The SMILES string of the molecule is CC(C)(O)CN1CCc2cc(-c3ccccc3)oc2C1. The molecular weight excluding hydrogens is 250 g/mol. The van der Waals surface area contributed by atoms with Crippen molar-refractivity contribution in [3.8, 4) is 11.3 Å². The Hall–Kier alpha value is -1.58. The van der Waals surface area contributed by atoms with Crippen LogP contribution in [0.15, 0.2) is 40.8 Å². The first-order chi connectivity index (χ1) is 9.51. The highest BCUT2D eigenvalue weighted by Gasteiger charge is 2.25. The summed E-state index contributed by atoms with van der Waals surface area (Å²) in [7, 11) is 0. The Bertz CT molecular complexity index is 581. The van der Waals surface area contributed by atoms with Gasteiger partial charge in [-0.15, -0.1) is 0 Å². The van der Waals surface area contributed by atoms with E-state index in [0.29, 0.717) is 6.54 Å². The molecule has 0 saturated heterocycles. The molecule has 1 aromatic carbocycles. The number of hydrogen-bond donors (Lipinski definition) is 1. The molecule has 1 aromatic heterocycles. The summed E-state index contributed by atoms with van der Waals surface area (Å²) in [6.07, 6.45) is 0.988. The molecule has 0 atom stereocenters. The standard InChI is InChI=1S/C17H21NO2/c1-17(2,19)12-18-9-8-14-10-15(20-16(14)11-18)13-6-4-3-5-7-13/h3-7,10,19H,8-9,11-12H2,1-2H3. The minimum Gasteiger partial charge on any atom is -0.459 e. The van der Waals surface area contributed by atoms with Gasteiger partial charge in [0.2, 0.25) is 0 Å². The molecule has 2 aromatic rings. The number of nitrogens with zero attached hydrogens (tertiary/aromatic N) is 1. The van der Waals surface area contributed by atoms with Crippen LogP contribution in [0.1, 0.15) is 25.2 Å². The van der Waals surface area contributed by atoms with E-state index in [9.17, 15) is 5.11 Å². The molecule has 1 N–H and O–H groups in total. The number of benzene rings is 1. The number of furan rings is 1. The molecule has 3 heteroatoms. The summed E-state index contributed by atoms with van der Waals surface area (Å²) in [6, 6.07) is 12.4. The maximum absolute atomic E-state index is 9.93. The first-order valence-corrected chi connectivity index (χ1v) is 7.13. The Labute approximate surface area is 119 Å². The van der Waals surface area contributed by atoms with Crippen LogP contribution in [0, 0.1) is 0 Å². The van der Waals surface area contributed by atoms with Crippen molar-refractivity contribution in [2.45, 2.75) is 32.4 Å². The van der Waals surface area contributed by atoms with Crippen molar-refractivity contribution in [2.75, 3.05) is 13.1 Å². The fourth-order valence-corrected chi connectivity index (χ4v) is 2.80. The highest BCUT2D eigenvalue weighted by Crippen LogP contribution is 2.29. The smallest absolute Gasteiger partial charge is 0.134 e. The van der Waals surface area contributed by atoms with E-state index in [-0.39, 0.29) is 0 Å². The van der Waals surface area contributed by atoms with Gasteiger partial charge in [0.1, 0.15) is 11.5 Å². The van der Waals surface area contributed by atoms with Crippen molar-refractivity contribution >= 4 is 0 Å². The van der Waals surface area contributed by atoms with Crippen LogP contribution in [-0.2, 0) is 13.0 Å². The Balaban J connectivity index is 1.80. The third kappa shape index (κ3) is 2.94. The molecule has 0 spiro atoms. The lowest BCUT2D eigenvalue weighted by Gasteiger charge is -2.31. The van der Waals surface area contributed by atoms with Crippen LogP contribution < -0.4 is 0 Å². The normalized spacial score (nSPS) is 16.1. The van der Waals surface area contributed by atoms with Gasteiger partial charge in [0, 0.05) is 18.7 Å². The van der Waals surface area contributed by atoms with Gasteiger partial charge in [0.25, 0.3) is 0 Å². The Kier molecular flexibility index (Phi) is 3.40. The third-order valence-electron chi connectivity index (χ3n) is 3.63. The molecule has 20 heavy (non-hydrogen) atoms. The maximum Gasteiger partial charge on any atom is 0.134 e. The maximum atomic E-state index is 9.93. The molecule has 106 valence electrons. The fourth-order valence-electron chi connectivity index (χ4n) is 2.80. The molecule has 0 saturated carbocycles. The van der Waals surface area contributed by atoms with Crippen LogP contribution >= 0.6 is 0 Å². The van der Waals surface area contributed by atoms with Gasteiger partial charge in [-0.05, 0) is 31.9 Å². The average molecular weight is 271 g/mol. The molecule has 3 rings (SSSR count). The second-order valence-corrected chi connectivity index (χ2v) is 6.20. The van der Waals surface area contributed by atoms with Crippen LogP contribution in [0.25, 0.3) is 11.3 Å². The number of hydrogen-bond acceptors (Lipinski definition) is 3. The molecule has 2 heterocycles. The largest absolute Gasteiger partial charge is 0.459 e. The van der Waals surface area contributed by atoms with E-state index in [2.05, 4.69) is 23.1 Å². The number of fused-ring (bicyclic) bond motifs is 1. The lowest BCUT2D eigenvalue weighted by Crippen LogP contribution is -2.40. The molecule has 0 aliphatic carbocycles. The van der Waals surface area contributed by atoms with E-state index in [1.165, 1.54) is 5.56 Å². The second kappa shape index (κ2) is 5.08. The van der Waals surface area contributed by atoms with Crippen LogP contribution in [0.3, 0.4) is 0 Å². The van der Waals surface area contributed by atoms with E-state index >= 15 is 0 Å². The Morgan fingerprint density at radius 3 is 2.70 bits per heavy atom. The highest BCUT2D eigenvalue weighted by molar-refractivity contribution is 5.58. The second-order valence-electron chi connectivity index (χ2n) is 6.20. The molecule has 0 fully saturated rings. The van der Waals surface area contributed by atoms with Crippen molar-refractivity contribution in [3.63, 3.8) is 0 Å². The van der Waals surface area contributed by atoms with E-state index in [1.807, 2.05) is 32.0 Å². The van der Waals surface area contributed by atoms with E-state index in [4.69, 9.17) is 4.42 Å². The predicted molar refractivity (Wildman–Crippen MR) is 79.4 cm³/mol. The average Bonchev–Trinajstić information content (AvgIpc) is 2.81. The fraction of sp³-hybridized carbons (Fsp3) is 0.412. The predicted octanol–water partition coefficient (Wildman–Crippen LogP) is 3.08. The summed E-state index contributed by atoms with van der Waals surface area (Å²) in [5, 5.41) is 9.93. The van der Waals surface area contributed by atoms with E-state index < -0.39 is 5.60 Å². The zero-order chi connectivity index (χ0) is 14.2. The van der Waals surface area contributed by atoms with Gasteiger partial charge < -0.3 is 9.52 Å². The number of β-amino-alcohol motifs (C(OH)–C–C–N with tert-alkyl or cyclic N) is 1. The van der Waals surface area contributed by atoms with E-state index in [0.717, 1.165) is 36.6 Å². The minimum absolute atomic E-state index is 0.660. The molecule has 3 nitrogen and oxygen atoms in total. The van der Waals surface area contributed by atoms with Gasteiger partial charge in [-0.1, -0.05) is 30.3 Å². The van der Waals surface area contributed by atoms with Crippen molar-refractivity contribution in [3.05, 3.63) is 47.7 Å². The lowest BCUT2D eigenvalue weighted by molar-refractivity contribution is 0.0293. The van der Waals surface area contributed by atoms with Crippen molar-refractivity contribution < 1.29 is 9.52 Å². The van der Waals surface area contributed by atoms with Crippen molar-refractivity contribution in [2.24, 2.45) is 0 Å². The molecule has 0 unspecified atom stereocenters. The third-order valence-corrected chi connectivity index (χ3v) is 3.63. The molecular formula is C17H21NO2. The monoisotopic (exact) mass is 271 g/mol. The summed E-state index contributed by atoms with van der Waals surface area (Å²) in [5.41, 5.74) is 1.76.